The lowest BCUT2D eigenvalue weighted by Gasteiger charge is -2.41. The van der Waals surface area contributed by atoms with E-state index >= 15 is 0 Å². The fourth-order valence-electron chi connectivity index (χ4n) is 3.12. The monoisotopic (exact) mass is 235 g/mol. The molecule has 1 aliphatic carbocycles. The van der Waals surface area contributed by atoms with Gasteiger partial charge in [0.05, 0.1) is 6.42 Å². The second kappa shape index (κ2) is 5.71. The molecule has 0 saturated heterocycles. The summed E-state index contributed by atoms with van der Waals surface area (Å²) in [5.41, 5.74) is 5.61. The highest BCUT2D eigenvalue weighted by molar-refractivity contribution is 5.85. The Morgan fingerprint density at radius 1 is 1.40 bits per heavy atom. The molecule has 0 aromatic carbocycles. The third-order valence-corrected chi connectivity index (χ3v) is 3.33. The lowest BCUT2D eigenvalue weighted by atomic mass is 9.65. The first-order valence-corrected chi connectivity index (χ1v) is 5.39. The number of carbonyl (C=O) groups is 1. The van der Waals surface area contributed by atoms with Gasteiger partial charge in [-0.1, -0.05) is 13.8 Å². The van der Waals surface area contributed by atoms with Crippen molar-refractivity contribution in [2.75, 3.05) is 6.54 Å². The molecule has 1 saturated carbocycles. The highest BCUT2D eigenvalue weighted by Gasteiger charge is 2.38. The molecule has 3 atom stereocenters. The van der Waals surface area contributed by atoms with Gasteiger partial charge in [-0.3, -0.25) is 4.79 Å². The summed E-state index contributed by atoms with van der Waals surface area (Å²) in [6.07, 6.45) is 3.39. The summed E-state index contributed by atoms with van der Waals surface area (Å²) in [7, 11) is 0. The van der Waals surface area contributed by atoms with Crippen LogP contribution in [0.25, 0.3) is 0 Å². The van der Waals surface area contributed by atoms with Gasteiger partial charge in [-0.2, -0.15) is 0 Å². The molecule has 0 unspecified atom stereocenters. The molecule has 0 radical (unpaired) electrons. The molecule has 1 rings (SSSR count). The van der Waals surface area contributed by atoms with Crippen molar-refractivity contribution in [3.8, 4) is 0 Å². The minimum absolute atomic E-state index is 0. The van der Waals surface area contributed by atoms with Crippen molar-refractivity contribution < 1.29 is 9.90 Å². The average molecular weight is 236 g/mol. The SMILES string of the molecule is C[C@@H]1C[C@H](C)C[C@@](CN)(CC(=O)O)C1.Cl. The smallest absolute Gasteiger partial charge is 0.303 e. The van der Waals surface area contributed by atoms with Gasteiger partial charge in [0.25, 0.3) is 0 Å². The normalized spacial score (nSPS) is 35.7. The predicted octanol–water partition coefficient (Wildman–Crippen LogP) is 2.28. The fourth-order valence-corrected chi connectivity index (χ4v) is 3.12. The minimum atomic E-state index is -0.711. The van der Waals surface area contributed by atoms with E-state index in [9.17, 15) is 4.79 Å². The van der Waals surface area contributed by atoms with Crippen molar-refractivity contribution in [3.05, 3.63) is 0 Å². The van der Waals surface area contributed by atoms with E-state index in [2.05, 4.69) is 13.8 Å². The van der Waals surface area contributed by atoms with Gasteiger partial charge in [0.1, 0.15) is 0 Å². The van der Waals surface area contributed by atoms with Crippen molar-refractivity contribution in [1.82, 2.24) is 0 Å². The zero-order valence-corrected chi connectivity index (χ0v) is 10.3. The van der Waals surface area contributed by atoms with Crippen molar-refractivity contribution in [1.29, 1.82) is 0 Å². The van der Waals surface area contributed by atoms with Crippen LogP contribution in [-0.2, 0) is 4.79 Å². The molecule has 1 aliphatic rings. The first-order chi connectivity index (χ1) is 6.47. The molecule has 0 aromatic heterocycles. The van der Waals surface area contributed by atoms with E-state index in [4.69, 9.17) is 10.8 Å². The number of hydrogen-bond donors (Lipinski definition) is 2. The summed E-state index contributed by atoms with van der Waals surface area (Å²) >= 11 is 0. The highest BCUT2D eigenvalue weighted by Crippen LogP contribution is 2.43. The number of rotatable bonds is 3. The third-order valence-electron chi connectivity index (χ3n) is 3.33. The predicted molar refractivity (Wildman–Crippen MR) is 63.2 cm³/mol. The maximum absolute atomic E-state index is 10.8. The maximum atomic E-state index is 10.8. The summed E-state index contributed by atoms with van der Waals surface area (Å²) in [5, 5.41) is 8.88. The molecule has 15 heavy (non-hydrogen) atoms. The summed E-state index contributed by atoms with van der Waals surface area (Å²) in [4.78, 5) is 10.8. The first-order valence-electron chi connectivity index (χ1n) is 5.39. The molecule has 4 heteroatoms. The second-order valence-corrected chi connectivity index (χ2v) is 5.13. The molecular weight excluding hydrogens is 214 g/mol. The van der Waals surface area contributed by atoms with Gasteiger partial charge in [0.15, 0.2) is 0 Å². The van der Waals surface area contributed by atoms with Crippen LogP contribution in [0.15, 0.2) is 0 Å². The number of nitrogens with two attached hydrogens (primary N) is 1. The largest absolute Gasteiger partial charge is 0.481 e. The van der Waals surface area contributed by atoms with Crippen LogP contribution >= 0.6 is 12.4 Å². The Kier molecular flexibility index (Phi) is 5.60. The molecule has 1 fully saturated rings. The van der Waals surface area contributed by atoms with E-state index in [1.165, 1.54) is 6.42 Å². The zero-order valence-electron chi connectivity index (χ0n) is 9.53. The lowest BCUT2D eigenvalue weighted by molar-refractivity contribution is -0.140. The van der Waals surface area contributed by atoms with Gasteiger partial charge in [-0.05, 0) is 43.1 Å². The van der Waals surface area contributed by atoms with Crippen LogP contribution in [0.2, 0.25) is 0 Å². The van der Waals surface area contributed by atoms with E-state index < -0.39 is 5.97 Å². The molecule has 0 spiro atoms. The Labute approximate surface area is 97.8 Å². The van der Waals surface area contributed by atoms with Gasteiger partial charge in [0, 0.05) is 0 Å². The summed E-state index contributed by atoms with van der Waals surface area (Å²) in [6.45, 7) is 4.90. The van der Waals surface area contributed by atoms with Crippen LogP contribution in [0.4, 0.5) is 0 Å². The van der Waals surface area contributed by atoms with Gasteiger partial charge < -0.3 is 10.8 Å². The zero-order chi connectivity index (χ0) is 10.8. The van der Waals surface area contributed by atoms with Crippen molar-refractivity contribution in [3.63, 3.8) is 0 Å². The molecule has 0 aromatic rings. The highest BCUT2D eigenvalue weighted by atomic mass is 35.5. The topological polar surface area (TPSA) is 63.3 Å². The molecule has 0 amide bonds. The van der Waals surface area contributed by atoms with Crippen LogP contribution in [0, 0.1) is 17.3 Å². The van der Waals surface area contributed by atoms with E-state index in [0.717, 1.165) is 12.8 Å². The Hall–Kier alpha value is -0.280. The number of carboxylic acid groups (broad SMARTS) is 1. The van der Waals surface area contributed by atoms with E-state index in [-0.39, 0.29) is 24.2 Å². The molecule has 0 bridgehead atoms. The van der Waals surface area contributed by atoms with Crippen molar-refractivity contribution in [2.45, 2.75) is 39.5 Å². The van der Waals surface area contributed by atoms with Crippen LogP contribution in [0.5, 0.6) is 0 Å². The van der Waals surface area contributed by atoms with Gasteiger partial charge in [-0.25, -0.2) is 0 Å². The molecular formula is C11H22ClNO2. The minimum Gasteiger partial charge on any atom is -0.481 e. The average Bonchev–Trinajstić information content (AvgIpc) is 2.00. The Bertz CT molecular complexity index is 211. The van der Waals surface area contributed by atoms with Crippen molar-refractivity contribution in [2.24, 2.45) is 23.0 Å². The van der Waals surface area contributed by atoms with E-state index in [1.54, 1.807) is 0 Å². The van der Waals surface area contributed by atoms with E-state index in [0.29, 0.717) is 18.4 Å². The Morgan fingerprint density at radius 2 is 1.87 bits per heavy atom. The molecule has 90 valence electrons. The van der Waals surface area contributed by atoms with E-state index in [1.807, 2.05) is 0 Å². The van der Waals surface area contributed by atoms with Crippen molar-refractivity contribution >= 4 is 18.4 Å². The van der Waals surface area contributed by atoms with Gasteiger partial charge in [-0.15, -0.1) is 12.4 Å². The molecule has 0 heterocycles. The number of aliphatic carboxylic acids is 1. The molecule has 3 nitrogen and oxygen atoms in total. The number of hydrogen-bond acceptors (Lipinski definition) is 2. The number of carboxylic acids is 1. The quantitative estimate of drug-likeness (QED) is 0.789. The second-order valence-electron chi connectivity index (χ2n) is 5.13. The summed E-state index contributed by atoms with van der Waals surface area (Å²) < 4.78 is 0. The summed E-state index contributed by atoms with van der Waals surface area (Å²) in [6, 6.07) is 0. The number of halogens is 1. The van der Waals surface area contributed by atoms with Crippen LogP contribution in [0.3, 0.4) is 0 Å². The standard InChI is InChI=1S/C11H21NO2.ClH/c1-8-3-9(2)5-11(4-8,7-12)6-10(13)14;/h8-9H,3-7,12H2,1-2H3,(H,13,14);1H/t8-,9+,11-;. The first kappa shape index (κ1) is 14.7. The summed E-state index contributed by atoms with van der Waals surface area (Å²) in [5.74, 6) is 0.514. The molecule has 3 N–H and O–H groups in total. The Balaban J connectivity index is 0.00000196. The van der Waals surface area contributed by atoms with Gasteiger partial charge in [0.2, 0.25) is 0 Å². The third kappa shape index (κ3) is 3.99. The lowest BCUT2D eigenvalue weighted by Crippen LogP contribution is -2.39. The van der Waals surface area contributed by atoms with Crippen LogP contribution in [-0.4, -0.2) is 17.6 Å². The molecule has 0 aliphatic heterocycles. The van der Waals surface area contributed by atoms with Crippen LogP contribution < -0.4 is 5.73 Å². The maximum Gasteiger partial charge on any atom is 0.303 e. The fraction of sp³-hybridized carbons (Fsp3) is 0.909. The van der Waals surface area contributed by atoms with Crippen LogP contribution in [0.1, 0.15) is 39.5 Å². The Morgan fingerprint density at radius 3 is 2.20 bits per heavy atom. The van der Waals surface area contributed by atoms with Gasteiger partial charge >= 0.3 is 5.97 Å².